The molecule has 30 heavy (non-hydrogen) atoms. The first kappa shape index (κ1) is 20.0. The van der Waals surface area contributed by atoms with Gasteiger partial charge in [0.15, 0.2) is 12.1 Å². The molecular weight excluding hydrogens is 413 g/mol. The number of hydrogen-bond acceptors (Lipinski definition) is 6. The van der Waals surface area contributed by atoms with Crippen LogP contribution in [0.5, 0.6) is 0 Å². The second-order valence-electron chi connectivity index (χ2n) is 7.17. The first-order valence-corrected chi connectivity index (χ1v) is 9.51. The molecule has 0 aromatic heterocycles. The highest BCUT2D eigenvalue weighted by Gasteiger charge is 2.55. The molecule has 1 saturated heterocycles. The number of benzene rings is 2. The fourth-order valence-electron chi connectivity index (χ4n) is 3.44. The van der Waals surface area contributed by atoms with Gasteiger partial charge in [0.05, 0.1) is 10.7 Å². The number of imide groups is 1. The van der Waals surface area contributed by atoms with Crippen molar-refractivity contribution in [2.45, 2.75) is 25.9 Å². The van der Waals surface area contributed by atoms with E-state index in [1.165, 1.54) is 17.1 Å². The van der Waals surface area contributed by atoms with Crippen LogP contribution in [0.1, 0.15) is 11.1 Å². The number of anilines is 2. The second kappa shape index (κ2) is 7.49. The van der Waals surface area contributed by atoms with E-state index in [1.807, 2.05) is 32.0 Å². The van der Waals surface area contributed by atoms with Crippen LogP contribution in [-0.2, 0) is 14.4 Å². The van der Waals surface area contributed by atoms with Crippen LogP contribution in [0.3, 0.4) is 0 Å². The maximum Gasteiger partial charge on any atom is 0.263 e. The highest BCUT2D eigenvalue weighted by atomic mass is 35.5. The average molecular weight is 430 g/mol. The smallest absolute Gasteiger partial charge is 0.263 e. The van der Waals surface area contributed by atoms with E-state index in [0.29, 0.717) is 5.69 Å². The first-order valence-electron chi connectivity index (χ1n) is 9.13. The average Bonchev–Trinajstić information content (AvgIpc) is 3.21. The lowest BCUT2D eigenvalue weighted by atomic mass is 10.1. The molecular formula is C20H17ClFN5O3. The Labute approximate surface area is 176 Å². The van der Waals surface area contributed by atoms with Gasteiger partial charge in [0, 0.05) is 5.69 Å². The van der Waals surface area contributed by atoms with Gasteiger partial charge in [0.2, 0.25) is 5.91 Å². The van der Waals surface area contributed by atoms with Crippen molar-refractivity contribution in [3.8, 4) is 0 Å². The Morgan fingerprint density at radius 2 is 1.93 bits per heavy atom. The van der Waals surface area contributed by atoms with E-state index < -0.39 is 35.6 Å². The molecule has 2 aliphatic heterocycles. The lowest BCUT2D eigenvalue weighted by Gasteiger charge is -2.20. The molecule has 10 heteroatoms. The van der Waals surface area contributed by atoms with Crippen molar-refractivity contribution < 1.29 is 18.8 Å². The molecule has 154 valence electrons. The van der Waals surface area contributed by atoms with E-state index in [-0.39, 0.29) is 17.3 Å². The van der Waals surface area contributed by atoms with Crippen LogP contribution in [-0.4, -0.2) is 41.4 Å². The van der Waals surface area contributed by atoms with Crippen LogP contribution in [0.4, 0.5) is 15.8 Å². The van der Waals surface area contributed by atoms with Gasteiger partial charge in [-0.25, -0.2) is 9.29 Å². The molecule has 4 rings (SSSR count). The minimum atomic E-state index is -1.06. The summed E-state index contributed by atoms with van der Waals surface area (Å²) < 4.78 is 13.4. The van der Waals surface area contributed by atoms with Crippen LogP contribution < -0.4 is 10.2 Å². The van der Waals surface area contributed by atoms with Crippen molar-refractivity contribution in [3.05, 3.63) is 58.4 Å². The van der Waals surface area contributed by atoms with Crippen molar-refractivity contribution in [2.75, 3.05) is 16.8 Å². The number of fused-ring (bicyclic) bond motifs is 1. The number of nitrogens with zero attached hydrogens (tertiary/aromatic N) is 4. The monoisotopic (exact) mass is 429 g/mol. The SMILES string of the molecule is Cc1ccc(C)c(NC(=O)CN2N=N[C@@H]3C(=O)N(c4ccc(F)c(Cl)c4)C(=O)[C@@H]32)c1. The molecule has 0 radical (unpaired) electrons. The van der Waals surface area contributed by atoms with Crippen molar-refractivity contribution in [3.63, 3.8) is 0 Å². The number of nitrogens with one attached hydrogen (secondary N) is 1. The van der Waals surface area contributed by atoms with Gasteiger partial charge in [-0.15, -0.1) is 0 Å². The van der Waals surface area contributed by atoms with Gasteiger partial charge < -0.3 is 5.32 Å². The van der Waals surface area contributed by atoms with Gasteiger partial charge in [-0.2, -0.15) is 5.11 Å². The molecule has 8 nitrogen and oxygen atoms in total. The zero-order chi connectivity index (χ0) is 21.6. The highest BCUT2D eigenvalue weighted by Crippen LogP contribution is 2.33. The Bertz CT molecular complexity index is 1110. The van der Waals surface area contributed by atoms with E-state index in [1.54, 1.807) is 0 Å². The summed E-state index contributed by atoms with van der Waals surface area (Å²) in [4.78, 5) is 39.0. The Balaban J connectivity index is 1.51. The van der Waals surface area contributed by atoms with Crippen LogP contribution in [0.15, 0.2) is 46.7 Å². The summed E-state index contributed by atoms with van der Waals surface area (Å²) in [5, 5.41) is 11.5. The van der Waals surface area contributed by atoms with Crippen molar-refractivity contribution >= 4 is 40.7 Å². The first-order chi connectivity index (χ1) is 14.3. The summed E-state index contributed by atoms with van der Waals surface area (Å²) in [6, 6.07) is 7.12. The molecule has 0 bridgehead atoms. The number of amides is 3. The van der Waals surface area contributed by atoms with Crippen molar-refractivity contribution in [1.29, 1.82) is 0 Å². The number of carbonyl (C=O) groups is 3. The zero-order valence-corrected chi connectivity index (χ0v) is 16.9. The highest BCUT2D eigenvalue weighted by molar-refractivity contribution is 6.32. The third-order valence-corrected chi connectivity index (χ3v) is 5.28. The molecule has 3 amide bonds. The van der Waals surface area contributed by atoms with Crippen LogP contribution >= 0.6 is 11.6 Å². The zero-order valence-electron chi connectivity index (χ0n) is 16.1. The molecule has 2 aromatic rings. The largest absolute Gasteiger partial charge is 0.324 e. The fraction of sp³-hybridized carbons (Fsp3) is 0.250. The van der Waals surface area contributed by atoms with E-state index in [0.717, 1.165) is 22.1 Å². The third-order valence-electron chi connectivity index (χ3n) is 4.99. The number of rotatable bonds is 4. The van der Waals surface area contributed by atoms with Gasteiger partial charge in [-0.1, -0.05) is 29.0 Å². The molecule has 2 aliphatic rings. The number of carbonyl (C=O) groups excluding carboxylic acids is 3. The number of halogens is 2. The van der Waals surface area contributed by atoms with Crippen LogP contribution in [0, 0.1) is 19.7 Å². The van der Waals surface area contributed by atoms with E-state index in [4.69, 9.17) is 11.6 Å². The summed E-state index contributed by atoms with van der Waals surface area (Å²) in [6.07, 6.45) is 0. The van der Waals surface area contributed by atoms with E-state index >= 15 is 0 Å². The molecule has 1 fully saturated rings. The molecule has 0 spiro atoms. The minimum Gasteiger partial charge on any atom is -0.324 e. The van der Waals surface area contributed by atoms with Gasteiger partial charge in [-0.05, 0) is 49.2 Å². The molecule has 2 heterocycles. The van der Waals surface area contributed by atoms with Gasteiger partial charge >= 0.3 is 0 Å². The summed E-state index contributed by atoms with van der Waals surface area (Å²) in [6.45, 7) is 3.52. The topological polar surface area (TPSA) is 94.4 Å². The van der Waals surface area contributed by atoms with Crippen LogP contribution in [0.25, 0.3) is 0 Å². The number of hydrogen-bond donors (Lipinski definition) is 1. The molecule has 2 aromatic carbocycles. The van der Waals surface area contributed by atoms with Gasteiger partial charge in [0.25, 0.3) is 11.8 Å². The van der Waals surface area contributed by atoms with Crippen molar-refractivity contribution in [2.24, 2.45) is 10.3 Å². The Hall–Kier alpha value is -3.33. The number of aryl methyl sites for hydroxylation is 2. The lowest BCUT2D eigenvalue weighted by molar-refractivity contribution is -0.123. The minimum absolute atomic E-state index is 0.140. The molecule has 0 unspecified atom stereocenters. The maximum atomic E-state index is 13.4. The van der Waals surface area contributed by atoms with Crippen LogP contribution in [0.2, 0.25) is 5.02 Å². The van der Waals surface area contributed by atoms with E-state index in [2.05, 4.69) is 15.7 Å². The summed E-state index contributed by atoms with van der Waals surface area (Å²) in [5.41, 5.74) is 2.67. The second-order valence-corrected chi connectivity index (χ2v) is 7.58. The fourth-order valence-corrected chi connectivity index (χ4v) is 3.61. The predicted octanol–water partition coefficient (Wildman–Crippen LogP) is 3.03. The quantitative estimate of drug-likeness (QED) is 0.756. The molecule has 0 saturated carbocycles. The van der Waals surface area contributed by atoms with Gasteiger partial charge in [0.1, 0.15) is 12.4 Å². The summed E-state index contributed by atoms with van der Waals surface area (Å²) in [5.74, 6) is -2.26. The Morgan fingerprint density at radius 1 is 1.17 bits per heavy atom. The molecule has 0 aliphatic carbocycles. The standard InChI is InChI=1S/C20H17ClFN5O3/c1-10-3-4-11(2)15(7-10)23-16(28)9-26-18-17(24-25-26)19(29)27(20(18)30)12-5-6-14(22)13(21)8-12/h3-8,17-18H,9H2,1-2H3,(H,23,28)/t17-,18+/m0/s1. The molecule has 1 N–H and O–H groups in total. The maximum absolute atomic E-state index is 13.4. The Morgan fingerprint density at radius 3 is 2.67 bits per heavy atom. The summed E-state index contributed by atoms with van der Waals surface area (Å²) >= 11 is 5.78. The summed E-state index contributed by atoms with van der Waals surface area (Å²) in [7, 11) is 0. The predicted molar refractivity (Wildman–Crippen MR) is 108 cm³/mol. The lowest BCUT2D eigenvalue weighted by Crippen LogP contribution is -2.43. The third kappa shape index (κ3) is 3.41. The van der Waals surface area contributed by atoms with Gasteiger partial charge in [-0.3, -0.25) is 19.4 Å². The Kier molecular flexibility index (Phi) is 4.98. The molecule has 2 atom stereocenters. The normalized spacial score (nSPS) is 20.1. The van der Waals surface area contributed by atoms with Crippen molar-refractivity contribution in [1.82, 2.24) is 5.01 Å². The van der Waals surface area contributed by atoms with E-state index in [9.17, 15) is 18.8 Å².